The van der Waals surface area contributed by atoms with E-state index in [2.05, 4.69) is 23.1 Å². The third-order valence-corrected chi connectivity index (χ3v) is 7.00. The van der Waals surface area contributed by atoms with Crippen LogP contribution in [0.1, 0.15) is 25.7 Å². The van der Waals surface area contributed by atoms with Crippen LogP contribution in [-0.4, -0.2) is 105 Å². The van der Waals surface area contributed by atoms with Crippen LogP contribution in [0.2, 0.25) is 0 Å². The normalized spacial score (nSPS) is 13.7. The molecule has 0 amide bonds. The molecule has 0 bridgehead atoms. The van der Waals surface area contributed by atoms with Gasteiger partial charge >= 0.3 is 23.9 Å². The predicted molar refractivity (Wildman–Crippen MR) is 174 cm³/mol. The van der Waals surface area contributed by atoms with Crippen LogP contribution in [0.4, 0.5) is 10.1 Å². The first-order valence-corrected chi connectivity index (χ1v) is 15.4. The fraction of sp³-hybridized carbons (Fsp3) is 0.344. The van der Waals surface area contributed by atoms with Gasteiger partial charge in [-0.15, -0.1) is 0 Å². The number of hydrogen-bond acceptors (Lipinski definition) is 8. The van der Waals surface area contributed by atoms with E-state index in [4.69, 9.17) is 30.2 Å². The first-order chi connectivity index (χ1) is 21.9. The first-order valence-electron chi connectivity index (χ1n) is 14.2. The molecule has 3 rings (SSSR count). The highest BCUT2D eigenvalue weighted by Crippen LogP contribution is 2.22. The maximum Gasteiger partial charge on any atom is 0.328 e. The highest BCUT2D eigenvalue weighted by molar-refractivity contribution is 8.13. The van der Waals surface area contributed by atoms with Crippen molar-refractivity contribution in [2.24, 2.45) is 4.99 Å². The van der Waals surface area contributed by atoms with Gasteiger partial charge in [0.05, 0.1) is 12.3 Å². The zero-order valence-electron chi connectivity index (χ0n) is 25.7. The number of unbranched alkanes of at least 4 members (excludes halogenated alkanes) is 1. The number of piperidine rings is 1. The molecule has 0 unspecified atom stereocenters. The van der Waals surface area contributed by atoms with Crippen LogP contribution in [0.15, 0.2) is 83.9 Å². The van der Waals surface area contributed by atoms with Crippen molar-refractivity contribution in [1.29, 1.82) is 0 Å². The van der Waals surface area contributed by atoms with E-state index in [-0.39, 0.29) is 5.82 Å². The standard InChI is InChI=1S/C24H32FN3OS.2C4H4O4/c1-27(24(30-2)26-21-8-4-3-5-9-21)22-14-17-28(18-15-22)16-6-7-19-29-23-12-10-20(25)11-13-23;2*5-3(6)1-2-4(7)8/h3-5,8-13,22H,6-7,14-19H2,1-2H3;2*1-2H,(H,5,6)(H,7,8)/b;2*2-1+. The van der Waals surface area contributed by atoms with Crippen LogP contribution < -0.4 is 4.74 Å². The molecular formula is C32H40FN3O9S. The largest absolute Gasteiger partial charge is 0.494 e. The second-order valence-corrected chi connectivity index (χ2v) is 10.4. The summed E-state index contributed by atoms with van der Waals surface area (Å²) in [7, 11) is 2.17. The number of hydrogen-bond donors (Lipinski definition) is 4. The van der Waals surface area contributed by atoms with Crippen molar-refractivity contribution in [3.8, 4) is 5.75 Å². The number of nitrogens with zero attached hydrogens (tertiary/aromatic N) is 3. The number of carboxylic acid groups (broad SMARTS) is 4. The molecule has 0 radical (unpaired) electrons. The first kappa shape index (κ1) is 39.3. The van der Waals surface area contributed by atoms with E-state index in [1.54, 1.807) is 23.9 Å². The molecule has 1 aliphatic rings. The Bertz CT molecular complexity index is 1250. The Kier molecular flexibility index (Phi) is 19.5. The minimum atomic E-state index is -1.26. The van der Waals surface area contributed by atoms with E-state index in [1.165, 1.54) is 12.1 Å². The molecule has 0 spiro atoms. The van der Waals surface area contributed by atoms with Crippen LogP contribution in [-0.2, 0) is 19.2 Å². The molecule has 1 aliphatic heterocycles. The van der Waals surface area contributed by atoms with Gasteiger partial charge in [-0.2, -0.15) is 0 Å². The number of aliphatic imine (C=N–C) groups is 1. The summed E-state index contributed by atoms with van der Waals surface area (Å²) in [5, 5.41) is 32.3. The third kappa shape index (κ3) is 18.9. The summed E-state index contributed by atoms with van der Waals surface area (Å²) in [6, 6.07) is 16.9. The Morgan fingerprint density at radius 2 is 1.37 bits per heavy atom. The Morgan fingerprint density at radius 3 is 1.83 bits per heavy atom. The molecular weight excluding hydrogens is 621 g/mol. The van der Waals surface area contributed by atoms with E-state index in [0.29, 0.717) is 37.0 Å². The quantitative estimate of drug-likeness (QED) is 0.105. The minimum absolute atomic E-state index is 0.229. The molecule has 250 valence electrons. The Balaban J connectivity index is 0.000000545. The lowest BCUT2D eigenvalue weighted by Crippen LogP contribution is -2.45. The van der Waals surface area contributed by atoms with Gasteiger partial charge < -0.3 is 35.0 Å². The van der Waals surface area contributed by atoms with Gasteiger partial charge in [-0.1, -0.05) is 30.0 Å². The fourth-order valence-corrected chi connectivity index (χ4v) is 4.65. The van der Waals surface area contributed by atoms with Crippen molar-refractivity contribution < 1.29 is 48.7 Å². The number of amidine groups is 1. The summed E-state index contributed by atoms with van der Waals surface area (Å²) < 4.78 is 18.6. The number of carbonyl (C=O) groups is 4. The molecule has 0 saturated carbocycles. The summed E-state index contributed by atoms with van der Waals surface area (Å²) in [6.45, 7) is 4.04. The molecule has 1 heterocycles. The van der Waals surface area contributed by atoms with Crippen molar-refractivity contribution in [3.63, 3.8) is 0 Å². The summed E-state index contributed by atoms with van der Waals surface area (Å²) in [5.74, 6) is -4.52. The molecule has 1 saturated heterocycles. The van der Waals surface area contributed by atoms with Crippen molar-refractivity contribution in [3.05, 3.63) is 84.7 Å². The van der Waals surface area contributed by atoms with Crippen LogP contribution in [0.5, 0.6) is 5.75 Å². The summed E-state index contributed by atoms with van der Waals surface area (Å²) in [6.07, 6.45) is 8.79. The topological polar surface area (TPSA) is 177 Å². The average molecular weight is 662 g/mol. The zero-order chi connectivity index (χ0) is 34.3. The Morgan fingerprint density at radius 1 is 0.870 bits per heavy atom. The van der Waals surface area contributed by atoms with Gasteiger partial charge in [-0.25, -0.2) is 28.6 Å². The van der Waals surface area contributed by atoms with Crippen molar-refractivity contribution in [2.45, 2.75) is 31.7 Å². The third-order valence-electron chi connectivity index (χ3n) is 6.26. The second-order valence-electron chi connectivity index (χ2n) is 9.65. The number of likely N-dealkylation sites (tertiary alicyclic amines) is 1. The molecule has 46 heavy (non-hydrogen) atoms. The highest BCUT2D eigenvalue weighted by Gasteiger charge is 2.24. The van der Waals surface area contributed by atoms with Crippen LogP contribution >= 0.6 is 11.8 Å². The van der Waals surface area contributed by atoms with Gasteiger partial charge in [-0.3, -0.25) is 0 Å². The zero-order valence-corrected chi connectivity index (χ0v) is 26.5. The summed E-state index contributed by atoms with van der Waals surface area (Å²) >= 11 is 1.71. The number of para-hydroxylation sites is 1. The van der Waals surface area contributed by atoms with Crippen molar-refractivity contribution in [1.82, 2.24) is 9.80 Å². The van der Waals surface area contributed by atoms with Gasteiger partial charge in [0.1, 0.15) is 11.6 Å². The number of thioether (sulfide) groups is 1. The summed E-state index contributed by atoms with van der Waals surface area (Å²) in [5.41, 5.74) is 1.01. The predicted octanol–water partition coefficient (Wildman–Crippen LogP) is 4.86. The van der Waals surface area contributed by atoms with E-state index in [1.807, 2.05) is 30.3 Å². The van der Waals surface area contributed by atoms with Gasteiger partial charge in [0, 0.05) is 50.5 Å². The van der Waals surface area contributed by atoms with Crippen LogP contribution in [0.3, 0.4) is 0 Å². The number of rotatable bonds is 12. The fourth-order valence-electron chi connectivity index (χ4n) is 4.01. The van der Waals surface area contributed by atoms with Crippen molar-refractivity contribution in [2.75, 3.05) is 39.5 Å². The van der Waals surface area contributed by atoms with Crippen LogP contribution in [0.25, 0.3) is 0 Å². The van der Waals surface area contributed by atoms with Gasteiger partial charge in [-0.05, 0) is 74.9 Å². The number of benzene rings is 2. The summed E-state index contributed by atoms with van der Waals surface area (Å²) in [4.78, 5) is 47.9. The van der Waals surface area contributed by atoms with E-state index < -0.39 is 23.9 Å². The minimum Gasteiger partial charge on any atom is -0.494 e. The van der Waals surface area contributed by atoms with Crippen LogP contribution in [0, 0.1) is 5.82 Å². The molecule has 12 nitrogen and oxygen atoms in total. The SMILES string of the molecule is CSC(=Nc1ccccc1)N(C)C1CCN(CCCCOc2ccc(F)cc2)CC1.O=C(O)/C=C/C(=O)O.O=C(O)/C=C/C(=O)O. The Labute approximate surface area is 271 Å². The average Bonchev–Trinajstić information content (AvgIpc) is 3.03. The molecule has 0 aromatic heterocycles. The Hall–Kier alpha value is -4.69. The molecule has 14 heteroatoms. The number of aliphatic carboxylic acids is 4. The lowest BCUT2D eigenvalue weighted by atomic mass is 10.0. The highest BCUT2D eigenvalue weighted by atomic mass is 32.2. The van der Waals surface area contributed by atoms with Gasteiger partial charge in [0.15, 0.2) is 5.17 Å². The number of carboxylic acids is 4. The molecule has 0 atom stereocenters. The lowest BCUT2D eigenvalue weighted by molar-refractivity contribution is -0.134. The molecule has 4 N–H and O–H groups in total. The second kappa shape index (κ2) is 22.8. The van der Waals surface area contributed by atoms with Gasteiger partial charge in [0.2, 0.25) is 0 Å². The monoisotopic (exact) mass is 661 g/mol. The van der Waals surface area contributed by atoms with E-state index in [9.17, 15) is 23.6 Å². The van der Waals surface area contributed by atoms with E-state index in [0.717, 1.165) is 61.9 Å². The van der Waals surface area contributed by atoms with Gasteiger partial charge in [0.25, 0.3) is 0 Å². The van der Waals surface area contributed by atoms with Crippen molar-refractivity contribution >= 4 is 46.5 Å². The molecule has 0 aliphatic carbocycles. The maximum absolute atomic E-state index is 12.9. The smallest absolute Gasteiger partial charge is 0.328 e. The van der Waals surface area contributed by atoms with E-state index >= 15 is 0 Å². The molecule has 1 fully saturated rings. The lowest BCUT2D eigenvalue weighted by Gasteiger charge is -2.37. The number of ether oxygens (including phenoxy) is 1. The molecule has 2 aromatic carbocycles. The maximum atomic E-state index is 12.9. The molecule has 2 aromatic rings. The number of halogens is 1.